The van der Waals surface area contributed by atoms with Crippen LogP contribution in [0.3, 0.4) is 0 Å². The van der Waals surface area contributed by atoms with Gasteiger partial charge in [-0.25, -0.2) is 13.9 Å². The van der Waals surface area contributed by atoms with E-state index in [2.05, 4.69) is 15.5 Å². The van der Waals surface area contributed by atoms with Crippen LogP contribution in [0.25, 0.3) is 11.1 Å². The molecule has 3 aromatic rings. The highest BCUT2D eigenvalue weighted by atomic mass is 19.1. The monoisotopic (exact) mass is 465 g/mol. The number of anilines is 1. The second kappa shape index (κ2) is 8.67. The van der Waals surface area contributed by atoms with Gasteiger partial charge in [0.2, 0.25) is 11.9 Å². The van der Waals surface area contributed by atoms with E-state index in [-0.39, 0.29) is 12.3 Å². The molecular weight excluding hydrogens is 445 g/mol. The Balaban J connectivity index is 1.30. The van der Waals surface area contributed by atoms with E-state index < -0.39 is 36.5 Å². The van der Waals surface area contributed by atoms with Gasteiger partial charge in [0.25, 0.3) is 0 Å². The normalized spacial score (nSPS) is 19.9. The Bertz CT molecular complexity index is 1290. The Morgan fingerprint density at radius 3 is 2.56 bits per heavy atom. The standard InChI is InChI=1S/C23H20FN5O5/c1-13-9-28(27-25-13)10-17-11-29(23(32)33-17)16-6-7-18(19(24)8-16)14-2-4-15(5-3-14)21-22(31)20(12-30)34-26-21/h2-9,17,20,30H,10-12H2,1H3/t17-,20?/m0/s1. The van der Waals surface area contributed by atoms with Gasteiger partial charge >= 0.3 is 6.09 Å². The number of aryl methyl sites for hydroxylation is 1. The Morgan fingerprint density at radius 1 is 1.15 bits per heavy atom. The van der Waals surface area contributed by atoms with Crippen molar-refractivity contribution in [3.05, 3.63) is 65.7 Å². The van der Waals surface area contributed by atoms with E-state index in [1.807, 2.05) is 6.92 Å². The van der Waals surface area contributed by atoms with Crippen LogP contribution >= 0.6 is 0 Å². The minimum absolute atomic E-state index is 0.115. The molecule has 2 aliphatic heterocycles. The second-order valence-electron chi connectivity index (χ2n) is 8.02. The number of aliphatic hydroxyl groups is 1. The molecule has 11 heteroatoms. The zero-order valence-electron chi connectivity index (χ0n) is 18.1. The van der Waals surface area contributed by atoms with Gasteiger partial charge in [-0.3, -0.25) is 9.69 Å². The summed E-state index contributed by atoms with van der Waals surface area (Å²) in [5, 5.41) is 20.7. The Kier molecular flexibility index (Phi) is 5.54. The molecule has 1 unspecified atom stereocenters. The van der Waals surface area contributed by atoms with E-state index in [1.165, 1.54) is 11.0 Å². The van der Waals surface area contributed by atoms with Crippen LogP contribution in [-0.4, -0.2) is 63.0 Å². The maximum atomic E-state index is 15.0. The Labute approximate surface area is 193 Å². The van der Waals surface area contributed by atoms with Crippen LogP contribution in [0.2, 0.25) is 0 Å². The van der Waals surface area contributed by atoms with Crippen LogP contribution in [0.4, 0.5) is 14.9 Å². The average molecular weight is 465 g/mol. The number of amides is 1. The number of benzene rings is 2. The van der Waals surface area contributed by atoms with Crippen LogP contribution in [0, 0.1) is 12.7 Å². The van der Waals surface area contributed by atoms with Crippen molar-refractivity contribution in [3.63, 3.8) is 0 Å². The van der Waals surface area contributed by atoms with Gasteiger partial charge in [-0.2, -0.15) is 0 Å². The van der Waals surface area contributed by atoms with Gasteiger partial charge < -0.3 is 14.7 Å². The number of oxime groups is 1. The van der Waals surface area contributed by atoms with Crippen LogP contribution in [0.5, 0.6) is 0 Å². The van der Waals surface area contributed by atoms with Gasteiger partial charge in [0.15, 0.2) is 5.71 Å². The molecule has 34 heavy (non-hydrogen) atoms. The van der Waals surface area contributed by atoms with Crippen molar-refractivity contribution in [1.29, 1.82) is 0 Å². The van der Waals surface area contributed by atoms with Crippen LogP contribution in [0.1, 0.15) is 11.3 Å². The van der Waals surface area contributed by atoms with Gasteiger partial charge in [-0.15, -0.1) is 5.10 Å². The summed E-state index contributed by atoms with van der Waals surface area (Å²) in [7, 11) is 0. The number of carbonyl (C=O) groups is 2. The van der Waals surface area contributed by atoms with Gasteiger partial charge in [0.05, 0.1) is 31.1 Å². The predicted octanol–water partition coefficient (Wildman–Crippen LogP) is 2.08. The van der Waals surface area contributed by atoms with Crippen molar-refractivity contribution in [3.8, 4) is 11.1 Å². The van der Waals surface area contributed by atoms with Gasteiger partial charge in [0, 0.05) is 17.3 Å². The van der Waals surface area contributed by atoms with Crippen molar-refractivity contribution >= 4 is 23.3 Å². The summed E-state index contributed by atoms with van der Waals surface area (Å²) in [6.45, 7) is 1.98. The maximum Gasteiger partial charge on any atom is 0.414 e. The van der Waals surface area contributed by atoms with Crippen molar-refractivity contribution in [2.45, 2.75) is 25.7 Å². The second-order valence-corrected chi connectivity index (χ2v) is 8.02. The van der Waals surface area contributed by atoms with Crippen molar-refractivity contribution in [2.24, 2.45) is 5.16 Å². The maximum absolute atomic E-state index is 15.0. The lowest BCUT2D eigenvalue weighted by Gasteiger charge is -2.14. The summed E-state index contributed by atoms with van der Waals surface area (Å²) in [6.07, 6.45) is -0.219. The third-order valence-electron chi connectivity index (χ3n) is 5.61. The zero-order valence-corrected chi connectivity index (χ0v) is 18.1. The molecule has 2 aliphatic rings. The van der Waals surface area contributed by atoms with Crippen molar-refractivity contribution in [2.75, 3.05) is 18.1 Å². The van der Waals surface area contributed by atoms with E-state index in [9.17, 15) is 14.0 Å². The average Bonchev–Trinajstić information content (AvgIpc) is 3.52. The first-order valence-electron chi connectivity index (χ1n) is 10.6. The molecule has 3 heterocycles. The van der Waals surface area contributed by atoms with Gasteiger partial charge in [-0.1, -0.05) is 34.6 Å². The number of carbonyl (C=O) groups excluding carboxylic acids is 2. The molecule has 1 saturated heterocycles. The van der Waals surface area contributed by atoms with Crippen molar-refractivity contribution < 1.29 is 28.7 Å². The number of hydrogen-bond donors (Lipinski definition) is 1. The molecule has 2 aromatic carbocycles. The molecule has 2 atom stereocenters. The topological polar surface area (TPSA) is 119 Å². The van der Waals surface area contributed by atoms with Crippen LogP contribution in [0.15, 0.2) is 53.8 Å². The summed E-state index contributed by atoms with van der Waals surface area (Å²) >= 11 is 0. The minimum Gasteiger partial charge on any atom is -0.442 e. The number of cyclic esters (lactones) is 1. The minimum atomic E-state index is -0.989. The number of aliphatic hydroxyl groups excluding tert-OH is 1. The third kappa shape index (κ3) is 4.01. The van der Waals surface area contributed by atoms with E-state index >= 15 is 0 Å². The fraction of sp³-hybridized carbons (Fsp3) is 0.261. The van der Waals surface area contributed by atoms with Gasteiger partial charge in [-0.05, 0) is 30.7 Å². The third-order valence-corrected chi connectivity index (χ3v) is 5.61. The van der Waals surface area contributed by atoms with E-state index in [0.717, 1.165) is 5.69 Å². The first-order chi connectivity index (χ1) is 16.4. The fourth-order valence-corrected chi connectivity index (χ4v) is 3.91. The lowest BCUT2D eigenvalue weighted by atomic mass is 9.99. The number of aromatic nitrogens is 3. The van der Waals surface area contributed by atoms with E-state index in [0.29, 0.717) is 28.9 Å². The molecule has 0 spiro atoms. The molecule has 1 amide bonds. The predicted molar refractivity (Wildman–Crippen MR) is 118 cm³/mol. The largest absolute Gasteiger partial charge is 0.442 e. The summed E-state index contributed by atoms with van der Waals surface area (Å²) in [6, 6.07) is 11.1. The lowest BCUT2D eigenvalue weighted by Crippen LogP contribution is -2.26. The molecular formula is C23H20FN5O5. The molecule has 0 saturated carbocycles. The number of rotatable bonds is 6. The fourth-order valence-electron chi connectivity index (χ4n) is 3.91. The first-order valence-corrected chi connectivity index (χ1v) is 10.6. The molecule has 174 valence electrons. The number of halogens is 1. The van der Waals surface area contributed by atoms with Gasteiger partial charge in [0.1, 0.15) is 11.9 Å². The quantitative estimate of drug-likeness (QED) is 0.592. The SMILES string of the molecule is Cc1cn(C[C@H]2CN(c3ccc(-c4ccc(C5=NOC(CO)C5=O)cc4)c(F)c3)C(=O)O2)nn1. The summed E-state index contributed by atoms with van der Waals surface area (Å²) in [5.74, 6) is -0.910. The number of ketones is 1. The van der Waals surface area contributed by atoms with E-state index in [4.69, 9.17) is 14.7 Å². The van der Waals surface area contributed by atoms with Crippen LogP contribution in [-0.2, 0) is 20.9 Å². The first kappa shape index (κ1) is 21.7. The molecule has 0 bridgehead atoms. The molecule has 1 fully saturated rings. The molecule has 1 aromatic heterocycles. The molecule has 0 radical (unpaired) electrons. The number of nitrogens with zero attached hydrogens (tertiary/aromatic N) is 5. The van der Waals surface area contributed by atoms with E-state index in [1.54, 1.807) is 47.3 Å². The zero-order chi connectivity index (χ0) is 23.8. The number of Topliss-reactive ketones (excluding diaryl/α,β-unsaturated/α-hetero) is 1. The van der Waals surface area contributed by atoms with Crippen molar-refractivity contribution in [1.82, 2.24) is 15.0 Å². The molecule has 0 aliphatic carbocycles. The van der Waals surface area contributed by atoms with Crippen LogP contribution < -0.4 is 4.90 Å². The lowest BCUT2D eigenvalue weighted by molar-refractivity contribution is -0.122. The highest BCUT2D eigenvalue weighted by Crippen LogP contribution is 2.30. The highest BCUT2D eigenvalue weighted by Gasteiger charge is 2.34. The Morgan fingerprint density at radius 2 is 1.91 bits per heavy atom. The summed E-state index contributed by atoms with van der Waals surface area (Å²) < 4.78 is 22.0. The molecule has 1 N–H and O–H groups in total. The summed E-state index contributed by atoms with van der Waals surface area (Å²) in [4.78, 5) is 30.8. The number of ether oxygens (including phenoxy) is 1. The Hall–Kier alpha value is -4.12. The smallest absolute Gasteiger partial charge is 0.414 e. The highest BCUT2D eigenvalue weighted by molar-refractivity contribution is 6.48. The molecule has 5 rings (SSSR count). The summed E-state index contributed by atoms with van der Waals surface area (Å²) in [5.41, 5.74) is 2.69. The molecule has 10 nitrogen and oxygen atoms in total. The number of hydrogen-bond acceptors (Lipinski definition) is 8.